The lowest BCUT2D eigenvalue weighted by atomic mass is 10.1. The summed E-state index contributed by atoms with van der Waals surface area (Å²) in [5.41, 5.74) is 1.45. The third kappa shape index (κ3) is 2.68. The van der Waals surface area contributed by atoms with Gasteiger partial charge in [0, 0.05) is 11.5 Å². The smallest absolute Gasteiger partial charge is 0.261 e. The lowest BCUT2D eigenvalue weighted by Gasteiger charge is -2.00. The average molecular weight is 279 g/mol. The molecule has 6 heteroatoms. The van der Waals surface area contributed by atoms with Crippen molar-refractivity contribution < 1.29 is 9.21 Å². The second kappa shape index (κ2) is 5.13. The number of aromatic nitrogens is 2. The number of hydrogen-bond acceptors (Lipinski definition) is 5. The highest BCUT2D eigenvalue weighted by Crippen LogP contribution is 2.25. The van der Waals surface area contributed by atoms with Gasteiger partial charge in [0.1, 0.15) is 16.5 Å². The maximum absolute atomic E-state index is 12.2. The number of anilines is 1. The van der Waals surface area contributed by atoms with Gasteiger partial charge >= 0.3 is 0 Å². The molecule has 0 fully saturated rings. The van der Waals surface area contributed by atoms with Crippen LogP contribution in [0.2, 0.25) is 0 Å². The molecule has 0 saturated heterocycles. The van der Waals surface area contributed by atoms with E-state index < -0.39 is 0 Å². The largest absolute Gasteiger partial charge is 0.466 e. The van der Waals surface area contributed by atoms with Crippen LogP contribution in [0.4, 0.5) is 5.13 Å². The molecule has 102 valence electrons. The number of amides is 1. The van der Waals surface area contributed by atoms with Crippen molar-refractivity contribution in [3.05, 3.63) is 27.7 Å². The highest BCUT2D eigenvalue weighted by atomic mass is 32.1. The zero-order valence-corrected chi connectivity index (χ0v) is 12.5. The fraction of sp³-hybridized carbons (Fsp3) is 0.462. The van der Waals surface area contributed by atoms with Crippen LogP contribution in [0.3, 0.4) is 0 Å². The Labute approximate surface area is 116 Å². The number of hydrogen-bond donors (Lipinski definition) is 1. The van der Waals surface area contributed by atoms with Crippen molar-refractivity contribution >= 4 is 22.4 Å². The molecule has 0 aliphatic carbocycles. The first-order valence-corrected chi connectivity index (χ1v) is 6.93. The second-order valence-corrected chi connectivity index (χ2v) is 5.78. The molecule has 0 aliphatic heterocycles. The van der Waals surface area contributed by atoms with Gasteiger partial charge in [0.2, 0.25) is 5.13 Å². The molecule has 2 heterocycles. The Bertz CT molecular complexity index is 613. The van der Waals surface area contributed by atoms with E-state index in [0.29, 0.717) is 22.4 Å². The lowest BCUT2D eigenvalue weighted by Crippen LogP contribution is -2.13. The molecule has 1 amide bonds. The minimum absolute atomic E-state index is 0.196. The normalized spacial score (nSPS) is 11.1. The topological polar surface area (TPSA) is 68.0 Å². The van der Waals surface area contributed by atoms with Gasteiger partial charge in [0.15, 0.2) is 0 Å². The summed E-state index contributed by atoms with van der Waals surface area (Å²) in [6, 6.07) is 0. The van der Waals surface area contributed by atoms with Crippen molar-refractivity contribution in [2.45, 2.75) is 40.5 Å². The first-order valence-electron chi connectivity index (χ1n) is 6.11. The Morgan fingerprint density at radius 1 is 1.21 bits per heavy atom. The van der Waals surface area contributed by atoms with Crippen LogP contribution < -0.4 is 5.32 Å². The molecule has 0 saturated carbocycles. The predicted molar refractivity (Wildman–Crippen MR) is 74.9 cm³/mol. The third-order valence-electron chi connectivity index (χ3n) is 2.94. The van der Waals surface area contributed by atoms with Crippen LogP contribution in [0.25, 0.3) is 0 Å². The molecule has 0 aromatic carbocycles. The van der Waals surface area contributed by atoms with Gasteiger partial charge in [-0.25, -0.2) is 0 Å². The summed E-state index contributed by atoms with van der Waals surface area (Å²) in [4.78, 5) is 12.2. The molecule has 0 aliphatic rings. The van der Waals surface area contributed by atoms with Crippen molar-refractivity contribution in [2.75, 3.05) is 5.32 Å². The number of rotatable bonds is 3. The van der Waals surface area contributed by atoms with Gasteiger partial charge in [-0.15, -0.1) is 10.2 Å². The van der Waals surface area contributed by atoms with Crippen LogP contribution in [0.5, 0.6) is 0 Å². The fourth-order valence-corrected chi connectivity index (χ4v) is 2.55. The fourth-order valence-electron chi connectivity index (χ4n) is 1.81. The van der Waals surface area contributed by atoms with Crippen molar-refractivity contribution in [2.24, 2.45) is 0 Å². The van der Waals surface area contributed by atoms with E-state index in [2.05, 4.69) is 15.5 Å². The molecule has 2 aromatic rings. The van der Waals surface area contributed by atoms with Crippen molar-refractivity contribution in [1.29, 1.82) is 0 Å². The molecule has 0 bridgehead atoms. The van der Waals surface area contributed by atoms with Gasteiger partial charge in [0.05, 0.1) is 5.56 Å². The zero-order chi connectivity index (χ0) is 14.2. The van der Waals surface area contributed by atoms with Crippen LogP contribution >= 0.6 is 11.3 Å². The van der Waals surface area contributed by atoms with E-state index in [4.69, 9.17) is 4.42 Å². The summed E-state index contributed by atoms with van der Waals surface area (Å²) in [5.74, 6) is 1.50. The monoisotopic (exact) mass is 279 g/mol. The minimum atomic E-state index is -0.196. The number of aryl methyl sites for hydroxylation is 2. The van der Waals surface area contributed by atoms with Crippen LogP contribution in [0.1, 0.15) is 52.2 Å². The van der Waals surface area contributed by atoms with Gasteiger partial charge in [-0.05, 0) is 20.8 Å². The average Bonchev–Trinajstić information content (AvgIpc) is 2.85. The first kappa shape index (κ1) is 13.7. The van der Waals surface area contributed by atoms with Crippen molar-refractivity contribution in [1.82, 2.24) is 10.2 Å². The number of carbonyl (C=O) groups is 1. The highest BCUT2D eigenvalue weighted by molar-refractivity contribution is 7.15. The molecule has 2 aromatic heterocycles. The quantitative estimate of drug-likeness (QED) is 0.934. The van der Waals surface area contributed by atoms with Gasteiger partial charge in [-0.2, -0.15) is 0 Å². The van der Waals surface area contributed by atoms with E-state index in [0.717, 1.165) is 16.3 Å². The third-order valence-corrected chi connectivity index (χ3v) is 4.08. The van der Waals surface area contributed by atoms with Crippen molar-refractivity contribution in [3.8, 4) is 0 Å². The molecular weight excluding hydrogens is 262 g/mol. The lowest BCUT2D eigenvalue weighted by molar-refractivity contribution is 0.102. The minimum Gasteiger partial charge on any atom is -0.466 e. The van der Waals surface area contributed by atoms with Gasteiger partial charge < -0.3 is 4.42 Å². The molecule has 0 unspecified atom stereocenters. The van der Waals surface area contributed by atoms with E-state index in [-0.39, 0.29) is 5.91 Å². The Morgan fingerprint density at radius 2 is 1.89 bits per heavy atom. The maximum atomic E-state index is 12.2. The first-order chi connectivity index (χ1) is 8.90. The summed E-state index contributed by atoms with van der Waals surface area (Å²) in [6.45, 7) is 9.59. The van der Waals surface area contributed by atoms with E-state index in [1.54, 1.807) is 6.92 Å². The number of nitrogens with one attached hydrogen (secondary N) is 1. The number of carbonyl (C=O) groups excluding carboxylic acids is 1. The summed E-state index contributed by atoms with van der Waals surface area (Å²) in [5, 5.41) is 12.2. The van der Waals surface area contributed by atoms with E-state index in [1.807, 2.05) is 27.7 Å². The molecule has 0 atom stereocenters. The van der Waals surface area contributed by atoms with E-state index in [9.17, 15) is 4.79 Å². The predicted octanol–water partition coefficient (Wildman–Crippen LogP) is 3.43. The van der Waals surface area contributed by atoms with Gasteiger partial charge in [-0.1, -0.05) is 25.2 Å². The molecule has 2 rings (SSSR count). The maximum Gasteiger partial charge on any atom is 0.261 e. The van der Waals surface area contributed by atoms with Crippen LogP contribution in [0.15, 0.2) is 4.42 Å². The summed E-state index contributed by atoms with van der Waals surface area (Å²) in [7, 11) is 0. The molecule has 19 heavy (non-hydrogen) atoms. The summed E-state index contributed by atoms with van der Waals surface area (Å²) < 4.78 is 5.45. The Balaban J connectivity index is 2.21. The Morgan fingerprint density at radius 3 is 2.37 bits per heavy atom. The van der Waals surface area contributed by atoms with Crippen LogP contribution in [-0.2, 0) is 0 Å². The van der Waals surface area contributed by atoms with Crippen molar-refractivity contribution in [3.63, 3.8) is 0 Å². The number of nitrogens with zero attached hydrogens (tertiary/aromatic N) is 2. The van der Waals surface area contributed by atoms with E-state index in [1.165, 1.54) is 11.3 Å². The van der Waals surface area contributed by atoms with Gasteiger partial charge in [0.25, 0.3) is 5.91 Å². The van der Waals surface area contributed by atoms with E-state index >= 15 is 0 Å². The van der Waals surface area contributed by atoms with Crippen LogP contribution in [-0.4, -0.2) is 16.1 Å². The molecule has 1 N–H and O–H groups in total. The molecular formula is C13H17N3O2S. The van der Waals surface area contributed by atoms with Gasteiger partial charge in [-0.3, -0.25) is 10.1 Å². The zero-order valence-electron chi connectivity index (χ0n) is 11.7. The molecule has 0 radical (unpaired) electrons. The summed E-state index contributed by atoms with van der Waals surface area (Å²) in [6.07, 6.45) is 0. The molecule has 5 nitrogen and oxygen atoms in total. The Hall–Kier alpha value is -1.69. The van der Waals surface area contributed by atoms with Crippen LogP contribution in [0, 0.1) is 20.8 Å². The Kier molecular flexibility index (Phi) is 3.71. The summed E-state index contributed by atoms with van der Waals surface area (Å²) >= 11 is 1.40. The standard InChI is InChI=1S/C13H17N3O2S/c1-6(2)12-15-16-13(19-12)14-11(17)10-7(3)8(4)18-9(10)5/h6H,1-5H3,(H,14,16,17). The molecule has 0 spiro atoms. The second-order valence-electron chi connectivity index (χ2n) is 4.77. The SMILES string of the molecule is Cc1oc(C)c(C(=O)Nc2nnc(C(C)C)s2)c1C. The highest BCUT2D eigenvalue weighted by Gasteiger charge is 2.20. The number of furan rings is 1.